The monoisotopic (exact) mass is 493 g/mol. The Morgan fingerprint density at radius 1 is 1.27 bits per heavy atom. The molecule has 2 aliphatic rings. The molecule has 4 nitrogen and oxygen atoms in total. The molecule has 2 N–H and O–H groups in total. The van der Waals surface area contributed by atoms with Gasteiger partial charge in [0.15, 0.2) is 5.96 Å². The first-order valence-electron chi connectivity index (χ1n) is 9.12. The summed E-state index contributed by atoms with van der Waals surface area (Å²) in [6, 6.07) is 6.93. The SMILES string of the molecule is CN=C(NCC1CCCS1)NCC1(c2ccc(F)cc2)CCOCC1.I. The van der Waals surface area contributed by atoms with Crippen molar-refractivity contribution in [1.29, 1.82) is 0 Å². The van der Waals surface area contributed by atoms with Gasteiger partial charge in [0.1, 0.15) is 5.82 Å². The van der Waals surface area contributed by atoms with E-state index in [0.29, 0.717) is 5.25 Å². The number of guanidine groups is 1. The highest BCUT2D eigenvalue weighted by Gasteiger charge is 2.34. The zero-order chi connectivity index (χ0) is 17.5. The summed E-state index contributed by atoms with van der Waals surface area (Å²) in [7, 11) is 1.81. The second kappa shape index (κ2) is 10.7. The molecule has 146 valence electrons. The fourth-order valence-electron chi connectivity index (χ4n) is 3.62. The van der Waals surface area contributed by atoms with Crippen LogP contribution in [0.5, 0.6) is 0 Å². The quantitative estimate of drug-likeness (QED) is 0.374. The summed E-state index contributed by atoms with van der Waals surface area (Å²) in [6.07, 6.45) is 4.46. The van der Waals surface area contributed by atoms with E-state index in [9.17, 15) is 4.39 Å². The number of aliphatic imine (C=N–C) groups is 1. The van der Waals surface area contributed by atoms with Gasteiger partial charge in [-0.05, 0) is 49.1 Å². The number of thioether (sulfide) groups is 1. The van der Waals surface area contributed by atoms with E-state index < -0.39 is 0 Å². The first-order chi connectivity index (χ1) is 12.2. The maximum atomic E-state index is 13.3. The minimum atomic E-state index is -0.189. The standard InChI is InChI=1S/C19H28FN3OS.HI/c1-21-18(22-13-17-3-2-12-25-17)23-14-19(8-10-24-11-9-19)15-4-6-16(20)7-5-15;/h4-7,17H,2-3,8-14H2,1H3,(H2,21,22,23);1H. The Balaban J connectivity index is 0.00000243. The summed E-state index contributed by atoms with van der Waals surface area (Å²) in [5.41, 5.74) is 1.14. The molecular weight excluding hydrogens is 464 g/mol. The predicted molar refractivity (Wildman–Crippen MR) is 118 cm³/mol. The van der Waals surface area contributed by atoms with Gasteiger partial charge in [0, 0.05) is 44.0 Å². The van der Waals surface area contributed by atoms with E-state index in [-0.39, 0.29) is 35.2 Å². The lowest BCUT2D eigenvalue weighted by atomic mass is 9.74. The van der Waals surface area contributed by atoms with Crippen molar-refractivity contribution < 1.29 is 9.13 Å². The fourth-order valence-corrected chi connectivity index (χ4v) is 4.82. The first-order valence-corrected chi connectivity index (χ1v) is 10.2. The average molecular weight is 493 g/mol. The molecule has 0 aromatic heterocycles. The molecular formula is C19H29FIN3OS. The lowest BCUT2D eigenvalue weighted by Crippen LogP contribution is -2.48. The minimum absolute atomic E-state index is 0. The summed E-state index contributed by atoms with van der Waals surface area (Å²) in [5, 5.41) is 7.64. The highest BCUT2D eigenvalue weighted by molar-refractivity contribution is 14.0. The molecule has 0 radical (unpaired) electrons. The Labute approximate surface area is 177 Å². The van der Waals surface area contributed by atoms with Crippen molar-refractivity contribution in [2.75, 3.05) is 39.1 Å². The Hall–Kier alpha value is -0.540. The largest absolute Gasteiger partial charge is 0.381 e. The van der Waals surface area contributed by atoms with Gasteiger partial charge in [0.25, 0.3) is 0 Å². The van der Waals surface area contributed by atoms with Crippen molar-refractivity contribution in [3.8, 4) is 0 Å². The van der Waals surface area contributed by atoms with Crippen LogP contribution in [0, 0.1) is 5.82 Å². The highest BCUT2D eigenvalue weighted by atomic mass is 127. The zero-order valence-corrected chi connectivity index (χ0v) is 18.4. The minimum Gasteiger partial charge on any atom is -0.381 e. The molecule has 1 aromatic carbocycles. The van der Waals surface area contributed by atoms with Gasteiger partial charge in [0.2, 0.25) is 0 Å². The van der Waals surface area contributed by atoms with Crippen LogP contribution in [-0.2, 0) is 10.2 Å². The number of rotatable bonds is 5. The second-order valence-corrected chi connectivity index (χ2v) is 8.25. The normalized spacial score (nSPS) is 22.5. The average Bonchev–Trinajstić information content (AvgIpc) is 3.17. The van der Waals surface area contributed by atoms with Crippen LogP contribution in [0.2, 0.25) is 0 Å². The van der Waals surface area contributed by atoms with Gasteiger partial charge >= 0.3 is 0 Å². The molecule has 3 rings (SSSR count). The lowest BCUT2D eigenvalue weighted by Gasteiger charge is -2.38. The molecule has 1 atom stereocenters. The highest BCUT2D eigenvalue weighted by Crippen LogP contribution is 2.34. The Morgan fingerprint density at radius 3 is 2.62 bits per heavy atom. The molecule has 0 aliphatic carbocycles. The van der Waals surface area contributed by atoms with Crippen LogP contribution in [0.15, 0.2) is 29.3 Å². The van der Waals surface area contributed by atoms with Crippen molar-refractivity contribution in [2.45, 2.75) is 36.3 Å². The molecule has 2 heterocycles. The third-order valence-electron chi connectivity index (χ3n) is 5.25. The maximum absolute atomic E-state index is 13.3. The van der Waals surface area contributed by atoms with Crippen LogP contribution in [0.4, 0.5) is 4.39 Å². The number of nitrogens with one attached hydrogen (secondary N) is 2. The second-order valence-electron chi connectivity index (χ2n) is 6.84. The summed E-state index contributed by atoms with van der Waals surface area (Å²) in [5.74, 6) is 1.93. The zero-order valence-electron chi connectivity index (χ0n) is 15.3. The molecule has 0 spiro atoms. The van der Waals surface area contributed by atoms with E-state index >= 15 is 0 Å². The van der Waals surface area contributed by atoms with Crippen molar-refractivity contribution >= 4 is 41.7 Å². The van der Waals surface area contributed by atoms with Crippen LogP contribution in [-0.4, -0.2) is 50.3 Å². The van der Waals surface area contributed by atoms with Crippen molar-refractivity contribution in [3.05, 3.63) is 35.6 Å². The molecule has 0 bridgehead atoms. The number of hydrogen-bond acceptors (Lipinski definition) is 3. The van der Waals surface area contributed by atoms with Crippen LogP contribution < -0.4 is 10.6 Å². The smallest absolute Gasteiger partial charge is 0.191 e. The van der Waals surface area contributed by atoms with Crippen molar-refractivity contribution in [2.24, 2.45) is 4.99 Å². The lowest BCUT2D eigenvalue weighted by molar-refractivity contribution is 0.0513. The van der Waals surface area contributed by atoms with Gasteiger partial charge in [-0.1, -0.05) is 12.1 Å². The fraction of sp³-hybridized carbons (Fsp3) is 0.632. The summed E-state index contributed by atoms with van der Waals surface area (Å²) in [6.45, 7) is 3.21. The van der Waals surface area contributed by atoms with Gasteiger partial charge < -0.3 is 15.4 Å². The van der Waals surface area contributed by atoms with Gasteiger partial charge in [-0.25, -0.2) is 4.39 Å². The van der Waals surface area contributed by atoms with Crippen LogP contribution >= 0.6 is 35.7 Å². The Bertz CT molecular complexity index is 573. The molecule has 2 fully saturated rings. The van der Waals surface area contributed by atoms with E-state index in [1.54, 1.807) is 12.1 Å². The topological polar surface area (TPSA) is 45.7 Å². The van der Waals surface area contributed by atoms with Gasteiger partial charge in [-0.15, -0.1) is 24.0 Å². The molecule has 1 aromatic rings. The molecule has 2 saturated heterocycles. The summed E-state index contributed by atoms with van der Waals surface area (Å²) < 4.78 is 18.9. The molecule has 7 heteroatoms. The maximum Gasteiger partial charge on any atom is 0.191 e. The molecule has 26 heavy (non-hydrogen) atoms. The van der Waals surface area contributed by atoms with Crippen molar-refractivity contribution in [3.63, 3.8) is 0 Å². The summed E-state index contributed by atoms with van der Waals surface area (Å²) in [4.78, 5) is 4.37. The number of ether oxygens (including phenoxy) is 1. The van der Waals surface area contributed by atoms with Gasteiger partial charge in [-0.2, -0.15) is 11.8 Å². The van der Waals surface area contributed by atoms with E-state index in [1.165, 1.54) is 24.2 Å². The Morgan fingerprint density at radius 2 is 2.00 bits per heavy atom. The molecule has 0 saturated carbocycles. The first kappa shape index (κ1) is 21.8. The van der Waals surface area contributed by atoms with E-state index in [1.807, 2.05) is 30.9 Å². The van der Waals surface area contributed by atoms with E-state index in [0.717, 1.165) is 45.1 Å². The number of nitrogens with zero attached hydrogens (tertiary/aromatic N) is 1. The van der Waals surface area contributed by atoms with Gasteiger partial charge in [0.05, 0.1) is 0 Å². The molecule has 0 amide bonds. The van der Waals surface area contributed by atoms with Gasteiger partial charge in [-0.3, -0.25) is 4.99 Å². The van der Waals surface area contributed by atoms with Crippen molar-refractivity contribution in [1.82, 2.24) is 10.6 Å². The molecule has 2 aliphatic heterocycles. The number of halogens is 2. The number of hydrogen-bond donors (Lipinski definition) is 2. The molecule has 1 unspecified atom stereocenters. The number of benzene rings is 1. The van der Waals surface area contributed by atoms with Crippen LogP contribution in [0.3, 0.4) is 0 Å². The third kappa shape index (κ3) is 5.73. The predicted octanol–water partition coefficient (Wildman–Crippen LogP) is 3.55. The summed E-state index contributed by atoms with van der Waals surface area (Å²) >= 11 is 2.04. The van der Waals surface area contributed by atoms with Crippen LogP contribution in [0.1, 0.15) is 31.2 Å². The van der Waals surface area contributed by atoms with E-state index in [4.69, 9.17) is 4.74 Å². The van der Waals surface area contributed by atoms with Crippen LogP contribution in [0.25, 0.3) is 0 Å². The third-order valence-corrected chi connectivity index (χ3v) is 6.64. The Kier molecular flexibility index (Phi) is 8.96. The van der Waals surface area contributed by atoms with E-state index in [2.05, 4.69) is 15.6 Å².